The van der Waals surface area contributed by atoms with Crippen molar-refractivity contribution in [2.45, 2.75) is 13.3 Å². The van der Waals surface area contributed by atoms with Crippen molar-refractivity contribution in [2.75, 3.05) is 11.1 Å². The monoisotopic (exact) mass is 425 g/mol. The van der Waals surface area contributed by atoms with E-state index in [2.05, 4.69) is 5.32 Å². The molecule has 0 bridgehead atoms. The summed E-state index contributed by atoms with van der Waals surface area (Å²) in [5.74, 6) is -1.63. The van der Waals surface area contributed by atoms with Crippen LogP contribution in [0.5, 0.6) is 11.5 Å². The number of aryl methyl sites for hydroxylation is 1. The van der Waals surface area contributed by atoms with Crippen LogP contribution >= 0.6 is 11.8 Å². The summed E-state index contributed by atoms with van der Waals surface area (Å²) in [7, 11) is 0. The highest BCUT2D eigenvalue weighted by Gasteiger charge is 2.20. The molecule has 7 nitrogen and oxygen atoms in total. The van der Waals surface area contributed by atoms with Crippen molar-refractivity contribution in [3.8, 4) is 11.5 Å². The quantitative estimate of drug-likeness (QED) is 0.486. The van der Waals surface area contributed by atoms with Crippen LogP contribution in [-0.4, -0.2) is 33.1 Å². The number of aliphatic carboxylic acids is 1. The van der Waals surface area contributed by atoms with Gasteiger partial charge in [-0.3, -0.25) is 9.59 Å². The van der Waals surface area contributed by atoms with Crippen LogP contribution in [0.15, 0.2) is 54.6 Å². The van der Waals surface area contributed by atoms with E-state index >= 15 is 0 Å². The first-order valence-electron chi connectivity index (χ1n) is 9.05. The van der Waals surface area contributed by atoms with Gasteiger partial charge in [-0.25, -0.2) is 4.79 Å². The van der Waals surface area contributed by atoms with Crippen LogP contribution in [0.1, 0.15) is 22.3 Å². The fourth-order valence-corrected chi connectivity index (χ4v) is 3.42. The number of hydrogen-bond acceptors (Lipinski definition) is 6. The number of carbonyl (C=O) groups excluding carboxylic acids is 2. The number of amides is 1. The molecule has 3 N–H and O–H groups in total. The summed E-state index contributed by atoms with van der Waals surface area (Å²) in [5, 5.41) is 22.2. The summed E-state index contributed by atoms with van der Waals surface area (Å²) in [6.07, 6.45) is -0.180. The largest absolute Gasteiger partial charge is 0.506 e. The van der Waals surface area contributed by atoms with E-state index in [4.69, 9.17) is 9.84 Å². The van der Waals surface area contributed by atoms with Crippen LogP contribution in [0.25, 0.3) is 10.8 Å². The molecular formula is C22H19NO6S. The highest BCUT2D eigenvalue weighted by atomic mass is 32.2. The van der Waals surface area contributed by atoms with E-state index < -0.39 is 17.2 Å². The number of ether oxygens (including phenoxy) is 1. The highest BCUT2D eigenvalue weighted by Crippen LogP contribution is 2.37. The Balaban J connectivity index is 1.92. The Bertz CT molecular complexity index is 1130. The molecule has 0 aliphatic rings. The molecule has 0 saturated carbocycles. The Labute approximate surface area is 176 Å². The average molecular weight is 425 g/mol. The smallest absolute Gasteiger partial charge is 0.372 e. The van der Waals surface area contributed by atoms with Crippen LogP contribution < -0.4 is 10.1 Å². The number of carbonyl (C=O) groups is 3. The van der Waals surface area contributed by atoms with Crippen molar-refractivity contribution < 1.29 is 29.3 Å². The number of rotatable bonds is 6. The average Bonchev–Trinajstić information content (AvgIpc) is 2.71. The summed E-state index contributed by atoms with van der Waals surface area (Å²) in [6, 6.07) is 15.2. The van der Waals surface area contributed by atoms with Gasteiger partial charge in [-0.1, -0.05) is 42.5 Å². The van der Waals surface area contributed by atoms with Gasteiger partial charge in [0.05, 0.1) is 12.0 Å². The lowest BCUT2D eigenvalue weighted by Crippen LogP contribution is -2.14. The van der Waals surface area contributed by atoms with Gasteiger partial charge in [-0.2, -0.15) is 0 Å². The topological polar surface area (TPSA) is 113 Å². The molecule has 0 saturated heterocycles. The fourth-order valence-electron chi connectivity index (χ4n) is 2.83. The Morgan fingerprint density at radius 1 is 1.03 bits per heavy atom. The minimum atomic E-state index is -1.01. The normalized spacial score (nSPS) is 10.6. The maximum absolute atomic E-state index is 12.8. The molecule has 30 heavy (non-hydrogen) atoms. The van der Waals surface area contributed by atoms with E-state index in [0.717, 1.165) is 17.3 Å². The molecule has 1 amide bonds. The van der Waals surface area contributed by atoms with Gasteiger partial charge in [0.25, 0.3) is 5.91 Å². The molecular weight excluding hydrogens is 406 g/mol. The van der Waals surface area contributed by atoms with Gasteiger partial charge in [-0.05, 0) is 36.4 Å². The first-order valence-corrected chi connectivity index (χ1v) is 10.0. The predicted molar refractivity (Wildman–Crippen MR) is 115 cm³/mol. The summed E-state index contributed by atoms with van der Waals surface area (Å²) in [4.78, 5) is 35.6. The Morgan fingerprint density at radius 3 is 2.40 bits per heavy atom. The molecule has 0 aliphatic heterocycles. The Kier molecular flexibility index (Phi) is 6.58. The number of thioether (sulfide) groups is 1. The number of aromatic hydroxyl groups is 1. The van der Waals surface area contributed by atoms with Gasteiger partial charge in [0.15, 0.2) is 0 Å². The maximum Gasteiger partial charge on any atom is 0.372 e. The highest BCUT2D eigenvalue weighted by molar-refractivity contribution is 8.13. The lowest BCUT2D eigenvalue weighted by Gasteiger charge is -2.14. The Hall–Kier alpha value is -3.52. The lowest BCUT2D eigenvalue weighted by atomic mass is 10.0. The summed E-state index contributed by atoms with van der Waals surface area (Å²) in [6.45, 7) is 1.84. The molecule has 0 spiro atoms. The molecule has 0 aliphatic carbocycles. The summed E-state index contributed by atoms with van der Waals surface area (Å²) < 4.78 is 5.37. The van der Waals surface area contributed by atoms with Crippen LogP contribution in [0.3, 0.4) is 0 Å². The van der Waals surface area contributed by atoms with Gasteiger partial charge >= 0.3 is 11.3 Å². The fraction of sp³-hybridized carbons (Fsp3) is 0.136. The molecule has 0 unspecified atom stereocenters. The molecule has 3 rings (SSSR count). The number of phenols is 1. The molecule has 3 aromatic rings. The van der Waals surface area contributed by atoms with Crippen LogP contribution in [0.2, 0.25) is 0 Å². The SMILES string of the molecule is Cc1ccccc1NC(=O)c1cc(OC(=O)SCCC(=O)O)c2ccccc2c1O. The van der Waals surface area contributed by atoms with Crippen LogP contribution in [0, 0.1) is 6.92 Å². The predicted octanol–water partition coefficient (Wildman–Crippen LogP) is 4.81. The van der Waals surface area contributed by atoms with Crippen molar-refractivity contribution in [1.29, 1.82) is 0 Å². The molecule has 8 heteroatoms. The molecule has 0 atom stereocenters. The maximum atomic E-state index is 12.8. The zero-order valence-electron chi connectivity index (χ0n) is 16.0. The standard InChI is InChI=1S/C22H19NO6S/c1-13-6-2-5-9-17(13)23-21(27)16-12-18(29-22(28)30-11-10-19(24)25)14-7-3-4-8-15(14)20(16)26/h2-9,12,26H,10-11H2,1H3,(H,23,27)(H,24,25). The zero-order valence-corrected chi connectivity index (χ0v) is 16.9. The van der Waals surface area contributed by atoms with Crippen molar-refractivity contribution in [2.24, 2.45) is 0 Å². The first-order chi connectivity index (χ1) is 14.4. The third kappa shape index (κ3) is 4.90. The molecule has 3 aromatic carbocycles. The number of carboxylic acid groups (broad SMARTS) is 1. The number of nitrogens with one attached hydrogen (secondary N) is 1. The zero-order chi connectivity index (χ0) is 21.7. The number of carboxylic acids is 1. The van der Waals surface area contributed by atoms with Gasteiger partial charge in [0.1, 0.15) is 11.5 Å². The minimum absolute atomic E-state index is 0.0460. The minimum Gasteiger partial charge on any atom is -0.506 e. The number of anilines is 1. The number of fused-ring (bicyclic) bond motifs is 1. The summed E-state index contributed by atoms with van der Waals surface area (Å²) >= 11 is 0.726. The van der Waals surface area contributed by atoms with Crippen molar-refractivity contribution in [3.05, 3.63) is 65.7 Å². The van der Waals surface area contributed by atoms with Gasteiger partial charge in [0, 0.05) is 22.2 Å². The second kappa shape index (κ2) is 9.32. The van der Waals surface area contributed by atoms with Gasteiger partial charge in [-0.15, -0.1) is 0 Å². The van der Waals surface area contributed by atoms with Crippen molar-refractivity contribution in [3.63, 3.8) is 0 Å². The molecule has 154 valence electrons. The van der Waals surface area contributed by atoms with Crippen LogP contribution in [0.4, 0.5) is 10.5 Å². The van der Waals surface area contributed by atoms with E-state index in [0.29, 0.717) is 16.5 Å². The first kappa shape index (κ1) is 21.2. The van der Waals surface area contributed by atoms with Gasteiger partial charge in [0.2, 0.25) is 0 Å². The Morgan fingerprint density at radius 2 is 1.70 bits per heavy atom. The van der Waals surface area contributed by atoms with E-state index in [9.17, 15) is 19.5 Å². The second-order valence-electron chi connectivity index (χ2n) is 6.43. The number of hydrogen-bond donors (Lipinski definition) is 3. The molecule has 0 fully saturated rings. The van der Waals surface area contributed by atoms with E-state index in [1.165, 1.54) is 6.07 Å². The summed E-state index contributed by atoms with van der Waals surface area (Å²) in [5.41, 5.74) is 1.40. The number of benzene rings is 3. The van der Waals surface area contributed by atoms with Crippen molar-refractivity contribution in [1.82, 2.24) is 0 Å². The second-order valence-corrected chi connectivity index (χ2v) is 7.46. The van der Waals surface area contributed by atoms with Gasteiger partial charge < -0.3 is 20.3 Å². The molecule has 0 aromatic heterocycles. The number of para-hydroxylation sites is 1. The molecule has 0 radical (unpaired) electrons. The van der Waals surface area contributed by atoms with Crippen molar-refractivity contribution >= 4 is 45.4 Å². The third-order valence-electron chi connectivity index (χ3n) is 4.35. The van der Waals surface area contributed by atoms with E-state index in [1.54, 1.807) is 36.4 Å². The van der Waals surface area contributed by atoms with E-state index in [1.807, 2.05) is 19.1 Å². The number of phenolic OH excluding ortho intramolecular Hbond substituents is 1. The lowest BCUT2D eigenvalue weighted by molar-refractivity contribution is -0.136. The van der Waals surface area contributed by atoms with Crippen LogP contribution in [-0.2, 0) is 4.79 Å². The molecule has 0 heterocycles. The van der Waals surface area contributed by atoms with E-state index in [-0.39, 0.29) is 29.2 Å². The third-order valence-corrected chi connectivity index (χ3v) is 5.07.